The Morgan fingerprint density at radius 2 is 2.00 bits per heavy atom. The number of hydrogen-bond donors (Lipinski definition) is 3. The van der Waals surface area contributed by atoms with Crippen molar-refractivity contribution in [3.8, 4) is 0 Å². The van der Waals surface area contributed by atoms with Gasteiger partial charge in [0.15, 0.2) is 0 Å². The van der Waals surface area contributed by atoms with Crippen LogP contribution in [0.3, 0.4) is 0 Å². The third kappa shape index (κ3) is 2.23. The van der Waals surface area contributed by atoms with Crippen LogP contribution in [0.25, 0.3) is 0 Å². The minimum atomic E-state index is -0.844. The van der Waals surface area contributed by atoms with Gasteiger partial charge in [-0.15, -0.1) is 0 Å². The van der Waals surface area contributed by atoms with Gasteiger partial charge in [-0.3, -0.25) is 9.59 Å². The SMILES string of the molecule is CNC(=O)C(C)(C)NC(=O)C1CCN1. The fourth-order valence-electron chi connectivity index (χ4n) is 1.28. The largest absolute Gasteiger partial charge is 0.357 e. The van der Waals surface area contributed by atoms with Crippen LogP contribution in [0, 0.1) is 0 Å². The maximum atomic E-state index is 11.5. The summed E-state index contributed by atoms with van der Waals surface area (Å²) in [4.78, 5) is 22.9. The molecule has 0 aliphatic carbocycles. The zero-order valence-corrected chi connectivity index (χ0v) is 8.81. The number of carbonyl (C=O) groups excluding carboxylic acids is 2. The van der Waals surface area contributed by atoms with Crippen molar-refractivity contribution >= 4 is 11.8 Å². The van der Waals surface area contributed by atoms with Crippen LogP contribution in [-0.2, 0) is 9.59 Å². The Hall–Kier alpha value is -1.10. The lowest BCUT2D eigenvalue weighted by Crippen LogP contribution is -2.61. The van der Waals surface area contributed by atoms with E-state index in [1.54, 1.807) is 20.9 Å². The minimum Gasteiger partial charge on any atom is -0.357 e. The van der Waals surface area contributed by atoms with Crippen molar-refractivity contribution in [2.45, 2.75) is 31.8 Å². The van der Waals surface area contributed by atoms with E-state index in [-0.39, 0.29) is 17.9 Å². The molecule has 2 amide bonds. The van der Waals surface area contributed by atoms with Crippen LogP contribution in [0.2, 0.25) is 0 Å². The van der Waals surface area contributed by atoms with E-state index < -0.39 is 5.54 Å². The molecule has 3 N–H and O–H groups in total. The molecule has 1 atom stereocenters. The monoisotopic (exact) mass is 199 g/mol. The zero-order valence-electron chi connectivity index (χ0n) is 8.81. The number of rotatable bonds is 3. The molecule has 1 aliphatic heterocycles. The molecule has 0 aromatic heterocycles. The molecule has 0 saturated carbocycles. The van der Waals surface area contributed by atoms with Crippen molar-refractivity contribution in [2.75, 3.05) is 13.6 Å². The second-order valence-electron chi connectivity index (χ2n) is 3.99. The molecule has 0 spiro atoms. The van der Waals surface area contributed by atoms with Gasteiger partial charge in [-0.25, -0.2) is 0 Å². The summed E-state index contributed by atoms with van der Waals surface area (Å²) < 4.78 is 0. The Morgan fingerprint density at radius 1 is 1.43 bits per heavy atom. The quantitative estimate of drug-likeness (QED) is 0.545. The van der Waals surface area contributed by atoms with E-state index >= 15 is 0 Å². The van der Waals surface area contributed by atoms with Gasteiger partial charge in [0.2, 0.25) is 11.8 Å². The highest BCUT2D eigenvalue weighted by Gasteiger charge is 2.33. The van der Waals surface area contributed by atoms with E-state index in [2.05, 4.69) is 16.0 Å². The van der Waals surface area contributed by atoms with Gasteiger partial charge in [-0.05, 0) is 26.8 Å². The van der Waals surface area contributed by atoms with E-state index in [0.29, 0.717) is 0 Å². The molecule has 1 saturated heterocycles. The van der Waals surface area contributed by atoms with Gasteiger partial charge in [-0.2, -0.15) is 0 Å². The summed E-state index contributed by atoms with van der Waals surface area (Å²) in [5.41, 5.74) is -0.844. The molecular formula is C9H17N3O2. The maximum absolute atomic E-state index is 11.5. The molecule has 0 aromatic rings. The van der Waals surface area contributed by atoms with Gasteiger partial charge in [-0.1, -0.05) is 0 Å². The molecule has 1 rings (SSSR count). The normalized spacial score (nSPS) is 20.9. The summed E-state index contributed by atoms with van der Waals surface area (Å²) >= 11 is 0. The van der Waals surface area contributed by atoms with E-state index in [4.69, 9.17) is 0 Å². The summed E-state index contributed by atoms with van der Waals surface area (Å²) in [6.45, 7) is 4.24. The highest BCUT2D eigenvalue weighted by molar-refractivity contribution is 5.92. The number of hydrogen-bond acceptors (Lipinski definition) is 3. The fraction of sp³-hybridized carbons (Fsp3) is 0.778. The highest BCUT2D eigenvalue weighted by Crippen LogP contribution is 2.06. The van der Waals surface area contributed by atoms with Gasteiger partial charge in [0.1, 0.15) is 5.54 Å². The van der Waals surface area contributed by atoms with Crippen LogP contribution in [0.15, 0.2) is 0 Å². The number of nitrogens with one attached hydrogen (secondary N) is 3. The molecule has 0 radical (unpaired) electrons. The van der Waals surface area contributed by atoms with Crippen LogP contribution in [0.5, 0.6) is 0 Å². The van der Waals surface area contributed by atoms with Crippen LogP contribution >= 0.6 is 0 Å². The molecule has 1 heterocycles. The lowest BCUT2D eigenvalue weighted by Gasteiger charge is -2.31. The molecule has 0 aromatic carbocycles. The van der Waals surface area contributed by atoms with Crippen LogP contribution < -0.4 is 16.0 Å². The van der Waals surface area contributed by atoms with Crippen molar-refractivity contribution in [1.82, 2.24) is 16.0 Å². The standard InChI is InChI=1S/C9H17N3O2/c1-9(2,8(14)10-3)12-7(13)6-4-5-11-6/h6,11H,4-5H2,1-3H3,(H,10,14)(H,12,13). The van der Waals surface area contributed by atoms with E-state index in [0.717, 1.165) is 13.0 Å². The predicted molar refractivity (Wildman–Crippen MR) is 52.7 cm³/mol. The average molecular weight is 199 g/mol. The number of carbonyl (C=O) groups is 2. The summed E-state index contributed by atoms with van der Waals surface area (Å²) in [7, 11) is 1.55. The van der Waals surface area contributed by atoms with Gasteiger partial charge < -0.3 is 16.0 Å². The van der Waals surface area contributed by atoms with Gasteiger partial charge in [0.05, 0.1) is 6.04 Å². The Labute approximate surface area is 83.6 Å². The van der Waals surface area contributed by atoms with Gasteiger partial charge in [0.25, 0.3) is 0 Å². The molecule has 80 valence electrons. The lowest BCUT2D eigenvalue weighted by molar-refractivity contribution is -0.133. The lowest BCUT2D eigenvalue weighted by atomic mass is 10.0. The Kier molecular flexibility index (Phi) is 3.10. The second-order valence-corrected chi connectivity index (χ2v) is 3.99. The van der Waals surface area contributed by atoms with Gasteiger partial charge >= 0.3 is 0 Å². The zero-order chi connectivity index (χ0) is 10.8. The topological polar surface area (TPSA) is 70.2 Å². The predicted octanol–water partition coefficient (Wildman–Crippen LogP) is -1.01. The molecule has 5 heteroatoms. The van der Waals surface area contributed by atoms with E-state index in [1.807, 2.05) is 0 Å². The maximum Gasteiger partial charge on any atom is 0.244 e. The van der Waals surface area contributed by atoms with Crippen molar-refractivity contribution < 1.29 is 9.59 Å². The average Bonchev–Trinajstić information content (AvgIpc) is 1.98. The van der Waals surface area contributed by atoms with Crippen LogP contribution in [0.1, 0.15) is 20.3 Å². The Balaban J connectivity index is 2.48. The fourth-order valence-corrected chi connectivity index (χ4v) is 1.28. The minimum absolute atomic E-state index is 0.107. The first kappa shape index (κ1) is 11.0. The summed E-state index contributed by atoms with van der Waals surface area (Å²) in [5, 5.41) is 8.19. The first-order valence-corrected chi connectivity index (χ1v) is 4.75. The van der Waals surface area contributed by atoms with Crippen LogP contribution in [0.4, 0.5) is 0 Å². The van der Waals surface area contributed by atoms with Crippen molar-refractivity contribution in [1.29, 1.82) is 0 Å². The molecule has 1 fully saturated rings. The highest BCUT2D eigenvalue weighted by atomic mass is 16.2. The third-order valence-electron chi connectivity index (χ3n) is 2.37. The van der Waals surface area contributed by atoms with E-state index in [1.165, 1.54) is 0 Å². The molecule has 1 aliphatic rings. The number of likely N-dealkylation sites (N-methyl/N-ethyl adjacent to an activating group) is 1. The first-order chi connectivity index (χ1) is 6.47. The van der Waals surface area contributed by atoms with Crippen molar-refractivity contribution in [3.05, 3.63) is 0 Å². The van der Waals surface area contributed by atoms with Gasteiger partial charge in [0, 0.05) is 7.05 Å². The summed E-state index contributed by atoms with van der Waals surface area (Å²) in [6.07, 6.45) is 0.843. The smallest absolute Gasteiger partial charge is 0.244 e. The van der Waals surface area contributed by atoms with Crippen molar-refractivity contribution in [2.24, 2.45) is 0 Å². The van der Waals surface area contributed by atoms with E-state index in [9.17, 15) is 9.59 Å². The molecule has 14 heavy (non-hydrogen) atoms. The summed E-state index contributed by atoms with van der Waals surface area (Å²) in [6, 6.07) is -0.126. The first-order valence-electron chi connectivity index (χ1n) is 4.75. The number of amides is 2. The third-order valence-corrected chi connectivity index (χ3v) is 2.37. The molecule has 0 bridgehead atoms. The second kappa shape index (κ2) is 3.96. The summed E-state index contributed by atoms with van der Waals surface area (Å²) in [5.74, 6) is -0.296. The Bertz CT molecular complexity index is 246. The Morgan fingerprint density at radius 3 is 2.36 bits per heavy atom. The molecule has 1 unspecified atom stereocenters. The van der Waals surface area contributed by atoms with Crippen LogP contribution in [-0.4, -0.2) is 37.0 Å². The molecule has 5 nitrogen and oxygen atoms in total. The van der Waals surface area contributed by atoms with Crippen molar-refractivity contribution in [3.63, 3.8) is 0 Å². The molecular weight excluding hydrogens is 182 g/mol.